The number of phenolic OH excluding ortho intramolecular Hbond substituents is 1. The van der Waals surface area contributed by atoms with E-state index in [1.807, 2.05) is 30.3 Å². The molecule has 0 aliphatic carbocycles. The van der Waals surface area contributed by atoms with Gasteiger partial charge >= 0.3 is 17.9 Å². The molecule has 0 bridgehead atoms. The average Bonchev–Trinajstić information content (AvgIpc) is 3.10. The van der Waals surface area contributed by atoms with Crippen LogP contribution in [0, 0.1) is 5.92 Å². The maximum Gasteiger partial charge on any atom is 0.310 e. The van der Waals surface area contributed by atoms with Crippen molar-refractivity contribution in [3.8, 4) is 5.75 Å². The summed E-state index contributed by atoms with van der Waals surface area (Å²) in [7, 11) is 0. The number of benzene rings is 3. The molecule has 0 fully saturated rings. The van der Waals surface area contributed by atoms with Crippen molar-refractivity contribution in [1.82, 2.24) is 21.3 Å². The number of rotatable bonds is 20. The molecule has 0 aliphatic rings. The molecule has 3 aromatic carbocycles. The van der Waals surface area contributed by atoms with Gasteiger partial charge in [0.2, 0.25) is 23.6 Å². The number of fused-ring (bicyclic) bond motifs is 1. The van der Waals surface area contributed by atoms with E-state index in [1.54, 1.807) is 26.0 Å². The summed E-state index contributed by atoms with van der Waals surface area (Å²) in [5.41, 5.74) is 1.20. The van der Waals surface area contributed by atoms with E-state index in [9.17, 15) is 53.7 Å². The second kappa shape index (κ2) is 20.1. The lowest BCUT2D eigenvalue weighted by Crippen LogP contribution is -2.59. The molecule has 0 aromatic heterocycles. The zero-order chi connectivity index (χ0) is 39.9. The quantitative estimate of drug-likeness (QED) is 0.0810. The van der Waals surface area contributed by atoms with Crippen LogP contribution in [0.2, 0.25) is 0 Å². The van der Waals surface area contributed by atoms with E-state index in [0.717, 1.165) is 10.8 Å². The molecular formula is C38H44N4O12. The van der Waals surface area contributed by atoms with Gasteiger partial charge in [0.15, 0.2) is 12.4 Å². The van der Waals surface area contributed by atoms with Gasteiger partial charge in [-0.25, -0.2) is 0 Å². The molecule has 0 saturated carbocycles. The summed E-state index contributed by atoms with van der Waals surface area (Å²) >= 11 is 0. The minimum Gasteiger partial charge on any atom is -0.508 e. The maximum absolute atomic E-state index is 13.5. The van der Waals surface area contributed by atoms with Crippen LogP contribution < -0.4 is 21.3 Å². The number of aromatic hydroxyl groups is 1. The number of carbonyl (C=O) groups is 8. The van der Waals surface area contributed by atoms with Crippen molar-refractivity contribution >= 4 is 58.1 Å². The van der Waals surface area contributed by atoms with Gasteiger partial charge in [-0.3, -0.25) is 38.4 Å². The molecule has 16 nitrogen and oxygen atoms in total. The Kier molecular flexibility index (Phi) is 15.6. The molecule has 0 aliphatic heterocycles. The first-order valence-electron chi connectivity index (χ1n) is 17.1. The molecule has 288 valence electrons. The fourth-order valence-electron chi connectivity index (χ4n) is 5.51. The second-order valence-electron chi connectivity index (χ2n) is 12.9. The van der Waals surface area contributed by atoms with Crippen LogP contribution in [-0.2, 0) is 55.9 Å². The molecule has 0 radical (unpaired) electrons. The first-order chi connectivity index (χ1) is 25.5. The number of aliphatic carboxylic acids is 2. The Hall–Kier alpha value is -6.32. The Morgan fingerprint density at radius 2 is 1.33 bits per heavy atom. The van der Waals surface area contributed by atoms with Crippen molar-refractivity contribution in [2.75, 3.05) is 6.61 Å². The van der Waals surface area contributed by atoms with Crippen molar-refractivity contribution < 1.29 is 58.4 Å². The monoisotopic (exact) mass is 748 g/mol. The molecule has 54 heavy (non-hydrogen) atoms. The van der Waals surface area contributed by atoms with E-state index in [1.165, 1.54) is 31.2 Å². The number of hydrogen-bond donors (Lipinski definition) is 7. The van der Waals surface area contributed by atoms with E-state index in [4.69, 9.17) is 4.74 Å². The Bertz CT molecular complexity index is 1860. The van der Waals surface area contributed by atoms with Crippen molar-refractivity contribution in [1.29, 1.82) is 0 Å². The van der Waals surface area contributed by atoms with Crippen LogP contribution in [0.3, 0.4) is 0 Å². The van der Waals surface area contributed by atoms with Gasteiger partial charge in [-0.15, -0.1) is 0 Å². The normalized spacial score (nSPS) is 13.1. The largest absolute Gasteiger partial charge is 0.508 e. The van der Waals surface area contributed by atoms with Crippen LogP contribution in [-0.4, -0.2) is 93.4 Å². The summed E-state index contributed by atoms with van der Waals surface area (Å²) in [6.07, 6.45) is -2.06. The van der Waals surface area contributed by atoms with E-state index in [2.05, 4.69) is 21.3 Å². The number of phenols is 1. The Labute approximate surface area is 310 Å². The third kappa shape index (κ3) is 13.3. The number of carboxylic acids is 2. The minimum absolute atomic E-state index is 0.0248. The summed E-state index contributed by atoms with van der Waals surface area (Å²) in [6, 6.07) is 12.8. The van der Waals surface area contributed by atoms with Crippen molar-refractivity contribution in [2.45, 2.75) is 77.0 Å². The summed E-state index contributed by atoms with van der Waals surface area (Å²) < 4.78 is 5.15. The van der Waals surface area contributed by atoms with Crippen molar-refractivity contribution in [3.63, 3.8) is 0 Å². The number of Topliss-reactive ketones (excluding diaryl/α,β-unsaturated/α-hetero) is 1. The molecule has 0 saturated heterocycles. The van der Waals surface area contributed by atoms with Gasteiger partial charge in [0.25, 0.3) is 0 Å². The lowest BCUT2D eigenvalue weighted by molar-refractivity contribution is -0.149. The van der Waals surface area contributed by atoms with Crippen LogP contribution in [0.5, 0.6) is 5.75 Å². The molecule has 0 heterocycles. The molecule has 3 aromatic rings. The van der Waals surface area contributed by atoms with Gasteiger partial charge in [-0.1, -0.05) is 68.4 Å². The molecule has 4 unspecified atom stereocenters. The summed E-state index contributed by atoms with van der Waals surface area (Å²) in [4.78, 5) is 101. The molecule has 4 atom stereocenters. The Balaban J connectivity index is 1.71. The van der Waals surface area contributed by atoms with Gasteiger partial charge in [0, 0.05) is 19.8 Å². The Morgan fingerprint density at radius 1 is 0.704 bits per heavy atom. The SMILES string of the molecule is CC(=O)NC(Cc1ccc(O)cc1)C(=O)NC(CCC(=O)O)C(=O)NC(C(=O)NC(CC(=O)O)C(=O)COC(=O)Cc1cccc2ccccc12)C(C)C. The fraction of sp³-hybridized carbons (Fsp3) is 0.368. The average molecular weight is 749 g/mol. The molecule has 16 heteroatoms. The smallest absolute Gasteiger partial charge is 0.310 e. The first-order valence-corrected chi connectivity index (χ1v) is 17.1. The number of ether oxygens (including phenoxy) is 1. The summed E-state index contributed by atoms with van der Waals surface area (Å²) in [5.74, 6) is -8.43. The highest BCUT2D eigenvalue weighted by Gasteiger charge is 2.33. The van der Waals surface area contributed by atoms with Crippen LogP contribution in [0.1, 0.15) is 51.2 Å². The van der Waals surface area contributed by atoms with Crippen LogP contribution in [0.25, 0.3) is 10.8 Å². The lowest BCUT2D eigenvalue weighted by atomic mass is 10.00. The third-order valence-corrected chi connectivity index (χ3v) is 8.27. The summed E-state index contributed by atoms with van der Waals surface area (Å²) in [6.45, 7) is 3.42. The zero-order valence-corrected chi connectivity index (χ0v) is 30.0. The zero-order valence-electron chi connectivity index (χ0n) is 30.0. The topological polar surface area (TPSA) is 255 Å². The second-order valence-corrected chi connectivity index (χ2v) is 12.9. The number of esters is 1. The molecular weight excluding hydrogens is 704 g/mol. The number of nitrogens with one attached hydrogen (secondary N) is 4. The number of ketones is 1. The van der Waals surface area contributed by atoms with Gasteiger partial charge in [0.1, 0.15) is 29.9 Å². The lowest BCUT2D eigenvalue weighted by Gasteiger charge is -2.27. The highest BCUT2D eigenvalue weighted by molar-refractivity contribution is 5.98. The van der Waals surface area contributed by atoms with Gasteiger partial charge in [0.05, 0.1) is 12.8 Å². The van der Waals surface area contributed by atoms with Crippen molar-refractivity contribution in [3.05, 3.63) is 77.9 Å². The third-order valence-electron chi connectivity index (χ3n) is 8.27. The molecule has 4 amide bonds. The van der Waals surface area contributed by atoms with Crippen molar-refractivity contribution in [2.24, 2.45) is 5.92 Å². The van der Waals surface area contributed by atoms with Crippen LogP contribution in [0.15, 0.2) is 66.7 Å². The summed E-state index contributed by atoms with van der Waals surface area (Å²) in [5, 5.41) is 39.7. The maximum atomic E-state index is 13.5. The number of amides is 4. The molecule has 0 spiro atoms. The van der Waals surface area contributed by atoms with E-state index in [0.29, 0.717) is 11.1 Å². The van der Waals surface area contributed by atoms with Crippen LogP contribution >= 0.6 is 0 Å². The van der Waals surface area contributed by atoms with Crippen LogP contribution in [0.4, 0.5) is 0 Å². The van der Waals surface area contributed by atoms with E-state index >= 15 is 0 Å². The van der Waals surface area contributed by atoms with E-state index < -0.39 is 103 Å². The van der Waals surface area contributed by atoms with Gasteiger partial charge in [-0.2, -0.15) is 0 Å². The highest BCUT2D eigenvalue weighted by atomic mass is 16.5. The molecule has 3 rings (SSSR count). The fourth-order valence-corrected chi connectivity index (χ4v) is 5.51. The highest BCUT2D eigenvalue weighted by Crippen LogP contribution is 2.19. The molecule has 7 N–H and O–H groups in total. The first kappa shape index (κ1) is 42.1. The standard InChI is InChI=1S/C38H44N4O12/c1-21(2)35(42-36(51)28(15-16-32(46)47)40-37(52)30(39-22(3)43)17-23-11-13-26(44)14-12-23)38(53)41-29(19-33(48)49)31(45)20-54-34(50)18-25-9-6-8-24-7-4-5-10-27(24)25/h4-14,21,28-30,35,44H,15-20H2,1-3H3,(H,39,43)(H,40,52)(H,41,53)(H,42,51)(H,46,47)(H,48,49). The Morgan fingerprint density at radius 3 is 1.96 bits per heavy atom. The number of hydrogen-bond acceptors (Lipinski definition) is 10. The van der Waals surface area contributed by atoms with Gasteiger partial charge < -0.3 is 41.3 Å². The minimum atomic E-state index is -1.65. The number of carboxylic acid groups (broad SMARTS) is 2. The van der Waals surface area contributed by atoms with E-state index in [-0.39, 0.29) is 18.6 Å². The predicted molar refractivity (Wildman–Crippen MR) is 193 cm³/mol. The number of carbonyl (C=O) groups excluding carboxylic acids is 6. The predicted octanol–water partition coefficient (Wildman–Crippen LogP) is 1.40. The van der Waals surface area contributed by atoms with Gasteiger partial charge in [-0.05, 0) is 46.4 Å².